The standard InChI is InChI=1S/C24H28N2O4S/c1-29-22-15-19-11-14-26(17-20(19)16-23(22)30-2)13-6-12-25-31(27,28)24-10-5-8-18-7-3-4-9-21(18)24/h3-5,7-10,15-16,25H,6,11-14,17H2,1-2H3. The molecule has 0 amide bonds. The van der Waals surface area contributed by atoms with Crippen LogP contribution in [-0.4, -0.2) is 47.2 Å². The molecule has 0 aliphatic carbocycles. The van der Waals surface area contributed by atoms with Gasteiger partial charge in [0.05, 0.1) is 19.1 Å². The van der Waals surface area contributed by atoms with E-state index in [9.17, 15) is 8.42 Å². The van der Waals surface area contributed by atoms with Crippen molar-refractivity contribution in [3.8, 4) is 11.5 Å². The maximum absolute atomic E-state index is 12.8. The van der Waals surface area contributed by atoms with E-state index in [2.05, 4.69) is 15.7 Å². The summed E-state index contributed by atoms with van der Waals surface area (Å²) in [6.45, 7) is 3.00. The number of rotatable bonds is 8. The van der Waals surface area contributed by atoms with Crippen LogP contribution in [0.1, 0.15) is 17.5 Å². The van der Waals surface area contributed by atoms with Crippen LogP contribution in [0.2, 0.25) is 0 Å². The van der Waals surface area contributed by atoms with E-state index < -0.39 is 10.0 Å². The van der Waals surface area contributed by atoms with Crippen molar-refractivity contribution in [2.75, 3.05) is 33.9 Å². The average molecular weight is 441 g/mol. The molecule has 31 heavy (non-hydrogen) atoms. The highest BCUT2D eigenvalue weighted by atomic mass is 32.2. The Morgan fingerprint density at radius 1 is 0.968 bits per heavy atom. The van der Waals surface area contributed by atoms with Crippen LogP contribution >= 0.6 is 0 Å². The molecule has 0 saturated heterocycles. The Bertz CT molecular complexity index is 1170. The van der Waals surface area contributed by atoms with Crippen molar-refractivity contribution in [3.63, 3.8) is 0 Å². The lowest BCUT2D eigenvalue weighted by atomic mass is 9.98. The second-order valence-corrected chi connectivity index (χ2v) is 9.47. The predicted octanol–water partition coefficient (Wildman–Crippen LogP) is 3.58. The third-order valence-corrected chi connectivity index (χ3v) is 7.30. The second-order valence-electron chi connectivity index (χ2n) is 7.73. The summed E-state index contributed by atoms with van der Waals surface area (Å²) in [7, 11) is -0.257. The molecule has 1 aliphatic rings. The van der Waals surface area contributed by atoms with Crippen molar-refractivity contribution in [1.82, 2.24) is 9.62 Å². The van der Waals surface area contributed by atoms with E-state index in [1.165, 1.54) is 11.1 Å². The van der Waals surface area contributed by atoms with Gasteiger partial charge in [0.25, 0.3) is 0 Å². The lowest BCUT2D eigenvalue weighted by Gasteiger charge is -2.29. The second kappa shape index (κ2) is 9.26. The molecule has 1 aliphatic heterocycles. The number of benzene rings is 3. The first kappa shape index (κ1) is 21.6. The van der Waals surface area contributed by atoms with Gasteiger partial charge < -0.3 is 9.47 Å². The van der Waals surface area contributed by atoms with E-state index >= 15 is 0 Å². The summed E-state index contributed by atoms with van der Waals surface area (Å²) < 4.78 is 39.3. The highest BCUT2D eigenvalue weighted by molar-refractivity contribution is 7.89. The molecule has 3 aromatic rings. The van der Waals surface area contributed by atoms with Crippen LogP contribution in [0.15, 0.2) is 59.5 Å². The van der Waals surface area contributed by atoms with Crippen molar-refractivity contribution in [1.29, 1.82) is 0 Å². The van der Waals surface area contributed by atoms with Crippen LogP contribution in [0.25, 0.3) is 10.8 Å². The molecule has 1 heterocycles. The summed E-state index contributed by atoms with van der Waals surface area (Å²) >= 11 is 0. The van der Waals surface area contributed by atoms with Gasteiger partial charge in [-0.25, -0.2) is 13.1 Å². The third kappa shape index (κ3) is 4.69. The molecule has 0 radical (unpaired) electrons. The summed E-state index contributed by atoms with van der Waals surface area (Å²) in [4.78, 5) is 2.68. The number of sulfonamides is 1. The highest BCUT2D eigenvalue weighted by Crippen LogP contribution is 2.33. The molecule has 0 fully saturated rings. The fourth-order valence-corrected chi connectivity index (χ4v) is 5.45. The molecule has 6 nitrogen and oxygen atoms in total. The molecule has 0 aromatic heterocycles. The van der Waals surface area contributed by atoms with E-state index in [1.807, 2.05) is 36.4 Å². The number of nitrogens with zero attached hydrogens (tertiary/aromatic N) is 1. The lowest BCUT2D eigenvalue weighted by molar-refractivity contribution is 0.250. The molecular weight excluding hydrogens is 412 g/mol. The Morgan fingerprint density at radius 2 is 1.68 bits per heavy atom. The zero-order valence-electron chi connectivity index (χ0n) is 17.9. The third-order valence-electron chi connectivity index (χ3n) is 5.78. The molecule has 3 aromatic carbocycles. The predicted molar refractivity (Wildman–Crippen MR) is 122 cm³/mol. The van der Waals surface area contributed by atoms with Crippen molar-refractivity contribution >= 4 is 20.8 Å². The van der Waals surface area contributed by atoms with Crippen molar-refractivity contribution in [3.05, 3.63) is 65.7 Å². The van der Waals surface area contributed by atoms with Crippen molar-refractivity contribution in [2.24, 2.45) is 0 Å². The Labute approximate surface area is 183 Å². The first-order chi connectivity index (χ1) is 15.0. The largest absolute Gasteiger partial charge is 0.493 e. The van der Waals surface area contributed by atoms with E-state index in [1.54, 1.807) is 26.4 Å². The van der Waals surface area contributed by atoms with Gasteiger partial charge in [-0.05, 0) is 54.1 Å². The number of hydrogen-bond donors (Lipinski definition) is 1. The number of fused-ring (bicyclic) bond motifs is 2. The minimum atomic E-state index is -3.55. The summed E-state index contributed by atoms with van der Waals surface area (Å²) in [5.74, 6) is 1.50. The van der Waals surface area contributed by atoms with Gasteiger partial charge in [-0.1, -0.05) is 36.4 Å². The maximum atomic E-state index is 12.8. The van der Waals surface area contributed by atoms with Gasteiger partial charge in [0.2, 0.25) is 10.0 Å². The first-order valence-electron chi connectivity index (χ1n) is 10.5. The summed E-state index contributed by atoms with van der Waals surface area (Å²) in [6.07, 6.45) is 1.68. The van der Waals surface area contributed by atoms with Crippen LogP contribution in [0, 0.1) is 0 Å². The van der Waals surface area contributed by atoms with Gasteiger partial charge >= 0.3 is 0 Å². The normalized spacial score (nSPS) is 14.4. The van der Waals surface area contributed by atoms with Crippen molar-refractivity contribution < 1.29 is 17.9 Å². The Morgan fingerprint density at radius 3 is 2.45 bits per heavy atom. The Balaban J connectivity index is 1.35. The van der Waals surface area contributed by atoms with E-state index in [0.29, 0.717) is 11.4 Å². The minimum absolute atomic E-state index is 0.332. The SMILES string of the molecule is COc1cc2c(cc1OC)CN(CCCNS(=O)(=O)c1cccc3ccccc13)CC2. The maximum Gasteiger partial charge on any atom is 0.241 e. The van der Waals surface area contributed by atoms with Gasteiger partial charge in [0.1, 0.15) is 0 Å². The quantitative estimate of drug-likeness (QED) is 0.542. The molecule has 164 valence electrons. The fourth-order valence-electron chi connectivity index (χ4n) is 4.15. The van der Waals surface area contributed by atoms with Crippen LogP contribution in [0.3, 0.4) is 0 Å². The molecule has 0 spiro atoms. The molecule has 0 unspecified atom stereocenters. The van der Waals surface area contributed by atoms with Gasteiger partial charge in [0.15, 0.2) is 11.5 Å². The van der Waals surface area contributed by atoms with Crippen LogP contribution < -0.4 is 14.2 Å². The lowest BCUT2D eigenvalue weighted by Crippen LogP contribution is -2.33. The molecule has 4 rings (SSSR count). The summed E-state index contributed by atoms with van der Waals surface area (Å²) in [5.41, 5.74) is 2.52. The molecule has 0 atom stereocenters. The summed E-state index contributed by atoms with van der Waals surface area (Å²) in [6, 6.07) is 17.0. The van der Waals surface area contributed by atoms with E-state index in [-0.39, 0.29) is 0 Å². The summed E-state index contributed by atoms with van der Waals surface area (Å²) in [5, 5.41) is 1.67. The molecular formula is C24H28N2O4S. The van der Waals surface area contributed by atoms with Gasteiger partial charge in [-0.3, -0.25) is 4.90 Å². The monoisotopic (exact) mass is 440 g/mol. The van der Waals surface area contributed by atoms with E-state index in [4.69, 9.17) is 9.47 Å². The van der Waals surface area contributed by atoms with Crippen molar-refractivity contribution in [2.45, 2.75) is 24.3 Å². The van der Waals surface area contributed by atoms with Crippen LogP contribution in [-0.2, 0) is 23.0 Å². The highest BCUT2D eigenvalue weighted by Gasteiger charge is 2.20. The zero-order chi connectivity index (χ0) is 21.8. The van der Waals surface area contributed by atoms with E-state index in [0.717, 1.165) is 54.7 Å². The Hall–Kier alpha value is -2.61. The minimum Gasteiger partial charge on any atom is -0.493 e. The number of ether oxygens (including phenoxy) is 2. The van der Waals surface area contributed by atoms with Gasteiger partial charge in [0, 0.05) is 25.0 Å². The number of methoxy groups -OCH3 is 2. The van der Waals surface area contributed by atoms with Gasteiger partial charge in [-0.15, -0.1) is 0 Å². The Kier molecular flexibility index (Phi) is 6.46. The topological polar surface area (TPSA) is 67.9 Å². The number of hydrogen-bond acceptors (Lipinski definition) is 5. The molecule has 7 heteroatoms. The first-order valence-corrected chi connectivity index (χ1v) is 11.9. The fraction of sp³-hybridized carbons (Fsp3) is 0.333. The smallest absolute Gasteiger partial charge is 0.241 e. The van der Waals surface area contributed by atoms with Crippen LogP contribution in [0.5, 0.6) is 11.5 Å². The zero-order valence-corrected chi connectivity index (χ0v) is 18.7. The van der Waals surface area contributed by atoms with Gasteiger partial charge in [-0.2, -0.15) is 0 Å². The van der Waals surface area contributed by atoms with Crippen LogP contribution in [0.4, 0.5) is 0 Å². The average Bonchev–Trinajstić information content (AvgIpc) is 2.80. The molecule has 0 saturated carbocycles. The molecule has 1 N–H and O–H groups in total. The molecule has 0 bridgehead atoms. The number of nitrogens with one attached hydrogen (secondary N) is 1.